The van der Waals surface area contributed by atoms with E-state index in [0.717, 1.165) is 24.3 Å². The van der Waals surface area contributed by atoms with E-state index in [4.69, 9.17) is 23.2 Å². The highest BCUT2D eigenvalue weighted by atomic mass is 35.5. The first-order valence-corrected chi connectivity index (χ1v) is 7.98. The molecular weight excluding hydrogens is 277 g/mol. The Balaban J connectivity index is 2.49. The Bertz CT molecular complexity index is 398. The Hall–Kier alpha value is -0.0900. The van der Waals surface area contributed by atoms with Gasteiger partial charge in [0.15, 0.2) is 0 Å². The van der Waals surface area contributed by atoms with Crippen molar-refractivity contribution >= 4 is 34.0 Å². The van der Waals surface area contributed by atoms with Crippen LogP contribution in [0.5, 0.6) is 0 Å². The van der Waals surface area contributed by atoms with Crippen molar-refractivity contribution in [3.05, 3.63) is 33.8 Å². The van der Waals surface area contributed by atoms with Crippen LogP contribution in [-0.2, 0) is 10.8 Å². The van der Waals surface area contributed by atoms with Crippen LogP contribution >= 0.6 is 23.2 Å². The van der Waals surface area contributed by atoms with Crippen molar-refractivity contribution in [3.63, 3.8) is 0 Å². The molecule has 0 aliphatic carbocycles. The van der Waals surface area contributed by atoms with E-state index in [9.17, 15) is 4.21 Å². The van der Waals surface area contributed by atoms with Crippen LogP contribution in [0.15, 0.2) is 18.2 Å². The van der Waals surface area contributed by atoms with Gasteiger partial charge in [0.05, 0.1) is 10.0 Å². The van der Waals surface area contributed by atoms with Crippen molar-refractivity contribution in [2.45, 2.75) is 19.4 Å². The maximum absolute atomic E-state index is 10.9. The summed E-state index contributed by atoms with van der Waals surface area (Å²) in [6.45, 7) is 2.87. The maximum atomic E-state index is 10.9. The first kappa shape index (κ1) is 15.0. The molecule has 5 heteroatoms. The van der Waals surface area contributed by atoms with Crippen LogP contribution in [0.3, 0.4) is 0 Å². The van der Waals surface area contributed by atoms with E-state index < -0.39 is 10.8 Å². The van der Waals surface area contributed by atoms with E-state index >= 15 is 0 Å². The summed E-state index contributed by atoms with van der Waals surface area (Å²) < 4.78 is 10.9. The van der Waals surface area contributed by atoms with Gasteiger partial charge in [0.2, 0.25) is 0 Å². The first-order valence-electron chi connectivity index (χ1n) is 5.49. The van der Waals surface area contributed by atoms with Crippen molar-refractivity contribution in [2.24, 2.45) is 0 Å². The van der Waals surface area contributed by atoms with Gasteiger partial charge >= 0.3 is 0 Å². The monoisotopic (exact) mass is 293 g/mol. The minimum atomic E-state index is -0.720. The molecule has 1 aromatic rings. The second-order valence-corrected chi connectivity index (χ2v) is 6.29. The number of halogens is 2. The Morgan fingerprint density at radius 2 is 2.12 bits per heavy atom. The van der Waals surface area contributed by atoms with Gasteiger partial charge in [-0.1, -0.05) is 35.3 Å². The van der Waals surface area contributed by atoms with Crippen LogP contribution in [0.1, 0.15) is 24.9 Å². The third-order valence-corrected chi connectivity index (χ3v) is 4.20. The SMILES string of the molecule is CC(NCCCS(C)=O)c1cccc(Cl)c1Cl. The molecule has 96 valence electrons. The lowest BCUT2D eigenvalue weighted by molar-refractivity contribution is 0.571. The third kappa shape index (κ3) is 4.96. The second-order valence-electron chi connectivity index (χ2n) is 3.95. The Kier molecular flexibility index (Phi) is 6.49. The van der Waals surface area contributed by atoms with E-state index in [-0.39, 0.29) is 6.04 Å². The smallest absolute Gasteiger partial charge is 0.0639 e. The second kappa shape index (κ2) is 7.37. The van der Waals surface area contributed by atoms with Crippen molar-refractivity contribution in [1.29, 1.82) is 0 Å². The molecule has 0 fully saturated rings. The molecule has 0 bridgehead atoms. The number of nitrogens with one attached hydrogen (secondary N) is 1. The molecule has 0 aromatic heterocycles. The van der Waals surface area contributed by atoms with Crippen LogP contribution in [0.4, 0.5) is 0 Å². The van der Waals surface area contributed by atoms with Gasteiger partial charge in [-0.2, -0.15) is 0 Å². The van der Waals surface area contributed by atoms with E-state index in [1.165, 1.54) is 0 Å². The number of benzene rings is 1. The molecular formula is C12H17Cl2NOS. The van der Waals surface area contributed by atoms with Gasteiger partial charge in [-0.25, -0.2) is 0 Å². The summed E-state index contributed by atoms with van der Waals surface area (Å²) in [7, 11) is -0.720. The Morgan fingerprint density at radius 1 is 1.41 bits per heavy atom. The van der Waals surface area contributed by atoms with Gasteiger partial charge in [-0.3, -0.25) is 4.21 Å². The normalized spacial score (nSPS) is 14.6. The summed E-state index contributed by atoms with van der Waals surface area (Å²) in [5.41, 5.74) is 0.997. The molecule has 0 aliphatic heterocycles. The van der Waals surface area contributed by atoms with Gasteiger partial charge in [-0.15, -0.1) is 0 Å². The molecule has 1 rings (SSSR count). The van der Waals surface area contributed by atoms with Crippen LogP contribution < -0.4 is 5.32 Å². The highest BCUT2D eigenvalue weighted by molar-refractivity contribution is 7.84. The quantitative estimate of drug-likeness (QED) is 0.815. The highest BCUT2D eigenvalue weighted by Gasteiger charge is 2.10. The largest absolute Gasteiger partial charge is 0.310 e. The molecule has 0 radical (unpaired) electrons. The number of rotatable bonds is 6. The molecule has 0 saturated heterocycles. The average molecular weight is 294 g/mol. The van der Waals surface area contributed by atoms with Crippen LogP contribution in [0, 0.1) is 0 Å². The van der Waals surface area contributed by atoms with Crippen molar-refractivity contribution < 1.29 is 4.21 Å². The predicted octanol–water partition coefficient (Wildman–Crippen LogP) is 3.41. The molecule has 0 aliphatic rings. The molecule has 1 aromatic carbocycles. The van der Waals surface area contributed by atoms with E-state index in [1.54, 1.807) is 12.3 Å². The van der Waals surface area contributed by atoms with Gasteiger partial charge in [0, 0.05) is 28.9 Å². The molecule has 2 nitrogen and oxygen atoms in total. The van der Waals surface area contributed by atoms with Crippen LogP contribution in [-0.4, -0.2) is 22.8 Å². The zero-order valence-corrected chi connectivity index (χ0v) is 12.3. The lowest BCUT2D eigenvalue weighted by Gasteiger charge is -2.16. The molecule has 17 heavy (non-hydrogen) atoms. The number of hydrogen-bond donors (Lipinski definition) is 1. The molecule has 1 N–H and O–H groups in total. The van der Waals surface area contributed by atoms with E-state index in [1.807, 2.05) is 19.1 Å². The van der Waals surface area contributed by atoms with E-state index in [0.29, 0.717) is 10.0 Å². The summed E-state index contributed by atoms with van der Waals surface area (Å²) in [4.78, 5) is 0. The minimum Gasteiger partial charge on any atom is -0.310 e. The summed E-state index contributed by atoms with van der Waals surface area (Å²) in [5, 5.41) is 4.53. The first-order chi connectivity index (χ1) is 8.02. The fourth-order valence-corrected chi connectivity index (χ4v) is 2.58. The maximum Gasteiger partial charge on any atom is 0.0639 e. The van der Waals surface area contributed by atoms with Crippen molar-refractivity contribution in [3.8, 4) is 0 Å². The van der Waals surface area contributed by atoms with Gasteiger partial charge in [0.25, 0.3) is 0 Å². The molecule has 0 spiro atoms. The lowest BCUT2D eigenvalue weighted by atomic mass is 10.1. The Labute approximate surface area is 115 Å². The fraction of sp³-hybridized carbons (Fsp3) is 0.500. The van der Waals surface area contributed by atoms with Crippen LogP contribution in [0.2, 0.25) is 10.0 Å². The standard InChI is InChI=1S/C12H17Cl2NOS/c1-9(15-7-4-8-17(2)16)10-5-3-6-11(13)12(10)14/h3,5-6,9,15H,4,7-8H2,1-2H3. The Morgan fingerprint density at radius 3 is 2.76 bits per heavy atom. The highest BCUT2D eigenvalue weighted by Crippen LogP contribution is 2.29. The minimum absolute atomic E-state index is 0.145. The summed E-state index contributed by atoms with van der Waals surface area (Å²) in [6.07, 6.45) is 2.61. The predicted molar refractivity (Wildman–Crippen MR) is 76.4 cm³/mol. The van der Waals surface area contributed by atoms with Gasteiger partial charge in [0.1, 0.15) is 0 Å². The summed E-state index contributed by atoms with van der Waals surface area (Å²) in [5.74, 6) is 0.725. The molecule has 2 unspecified atom stereocenters. The van der Waals surface area contributed by atoms with Gasteiger partial charge < -0.3 is 5.32 Å². The average Bonchev–Trinajstić information content (AvgIpc) is 2.27. The van der Waals surface area contributed by atoms with E-state index in [2.05, 4.69) is 5.32 Å². The van der Waals surface area contributed by atoms with Crippen LogP contribution in [0.25, 0.3) is 0 Å². The summed E-state index contributed by atoms with van der Waals surface area (Å²) >= 11 is 12.1. The molecule has 0 amide bonds. The third-order valence-electron chi connectivity index (χ3n) is 2.51. The number of hydrogen-bond acceptors (Lipinski definition) is 2. The lowest BCUT2D eigenvalue weighted by Crippen LogP contribution is -2.21. The van der Waals surface area contributed by atoms with Crippen molar-refractivity contribution in [2.75, 3.05) is 18.6 Å². The van der Waals surface area contributed by atoms with Crippen molar-refractivity contribution in [1.82, 2.24) is 5.32 Å². The van der Waals surface area contributed by atoms with Gasteiger partial charge in [-0.05, 0) is 31.5 Å². The topological polar surface area (TPSA) is 29.1 Å². The molecule has 0 heterocycles. The fourth-order valence-electron chi connectivity index (χ4n) is 1.56. The zero-order chi connectivity index (χ0) is 12.8. The molecule has 0 saturated carbocycles. The zero-order valence-electron chi connectivity index (χ0n) is 10.0. The summed E-state index contributed by atoms with van der Waals surface area (Å²) in [6, 6.07) is 5.78. The molecule has 2 atom stereocenters.